The molecule has 0 bridgehead atoms. The lowest BCUT2D eigenvalue weighted by Crippen LogP contribution is -2.37. The highest BCUT2D eigenvalue weighted by Gasteiger charge is 2.21. The molecule has 1 saturated heterocycles. The molecule has 2 heterocycles. The maximum atomic E-state index is 11.9. The SMILES string of the molecule is CCNC(=O)c1cc(N2CCC(OCC(C)C)CC2)ccn1. The fourth-order valence-electron chi connectivity index (χ4n) is 2.60. The zero-order chi connectivity index (χ0) is 15.9. The standard InChI is InChI=1S/C17H27N3O2/c1-4-18-17(21)16-11-14(5-8-19-16)20-9-6-15(7-10-20)22-12-13(2)3/h5,8,11,13,15H,4,6-7,9-10,12H2,1-3H3,(H,18,21). The van der Waals surface area contributed by atoms with Crippen LogP contribution in [0.25, 0.3) is 0 Å². The van der Waals surface area contributed by atoms with Crippen LogP contribution in [0.5, 0.6) is 0 Å². The van der Waals surface area contributed by atoms with E-state index in [4.69, 9.17) is 4.74 Å². The first kappa shape index (κ1) is 16.7. The summed E-state index contributed by atoms with van der Waals surface area (Å²) in [6.45, 7) is 9.63. The number of rotatable bonds is 6. The number of piperidine rings is 1. The van der Waals surface area contributed by atoms with E-state index in [9.17, 15) is 4.79 Å². The number of amides is 1. The summed E-state index contributed by atoms with van der Waals surface area (Å²) in [6, 6.07) is 3.85. The first-order chi connectivity index (χ1) is 10.6. The monoisotopic (exact) mass is 305 g/mol. The normalized spacial score (nSPS) is 16.1. The molecular weight excluding hydrogens is 278 g/mol. The van der Waals surface area contributed by atoms with Gasteiger partial charge in [0.2, 0.25) is 0 Å². The summed E-state index contributed by atoms with van der Waals surface area (Å²) in [6.07, 6.45) is 4.14. The number of hydrogen-bond donors (Lipinski definition) is 1. The average molecular weight is 305 g/mol. The number of carbonyl (C=O) groups is 1. The van der Waals surface area contributed by atoms with Crippen molar-refractivity contribution in [1.29, 1.82) is 0 Å². The van der Waals surface area contributed by atoms with E-state index in [1.807, 2.05) is 19.1 Å². The van der Waals surface area contributed by atoms with E-state index in [2.05, 4.69) is 29.0 Å². The minimum Gasteiger partial charge on any atom is -0.378 e. The minimum atomic E-state index is -0.112. The Morgan fingerprint density at radius 2 is 2.18 bits per heavy atom. The molecule has 1 fully saturated rings. The molecule has 0 aliphatic carbocycles. The van der Waals surface area contributed by atoms with Crippen LogP contribution in [0.4, 0.5) is 5.69 Å². The number of anilines is 1. The first-order valence-corrected chi connectivity index (χ1v) is 8.21. The van der Waals surface area contributed by atoms with Crippen molar-refractivity contribution >= 4 is 11.6 Å². The molecule has 1 N–H and O–H groups in total. The zero-order valence-corrected chi connectivity index (χ0v) is 13.8. The molecule has 1 aromatic heterocycles. The number of ether oxygens (including phenoxy) is 1. The van der Waals surface area contributed by atoms with Gasteiger partial charge in [-0.3, -0.25) is 9.78 Å². The lowest BCUT2D eigenvalue weighted by atomic mass is 10.1. The van der Waals surface area contributed by atoms with E-state index < -0.39 is 0 Å². The number of carbonyl (C=O) groups excluding carboxylic acids is 1. The Morgan fingerprint density at radius 3 is 2.82 bits per heavy atom. The van der Waals surface area contributed by atoms with Gasteiger partial charge in [-0.05, 0) is 37.8 Å². The van der Waals surface area contributed by atoms with E-state index in [-0.39, 0.29) is 5.91 Å². The second kappa shape index (κ2) is 8.13. The molecule has 0 radical (unpaired) electrons. The molecule has 1 aliphatic rings. The van der Waals surface area contributed by atoms with Crippen LogP contribution >= 0.6 is 0 Å². The van der Waals surface area contributed by atoms with E-state index in [0.717, 1.165) is 38.2 Å². The van der Waals surface area contributed by atoms with Gasteiger partial charge < -0.3 is 15.0 Å². The van der Waals surface area contributed by atoms with Gasteiger partial charge in [0, 0.05) is 38.1 Å². The van der Waals surface area contributed by atoms with Crippen LogP contribution in [-0.2, 0) is 4.74 Å². The molecule has 1 aromatic rings. The molecule has 0 aromatic carbocycles. The van der Waals surface area contributed by atoms with Crippen LogP contribution in [0.2, 0.25) is 0 Å². The van der Waals surface area contributed by atoms with Crippen molar-refractivity contribution in [3.63, 3.8) is 0 Å². The summed E-state index contributed by atoms with van der Waals surface area (Å²) in [5.74, 6) is 0.470. The van der Waals surface area contributed by atoms with Crippen LogP contribution in [0.15, 0.2) is 18.3 Å². The smallest absolute Gasteiger partial charge is 0.269 e. The van der Waals surface area contributed by atoms with Crippen LogP contribution in [0.3, 0.4) is 0 Å². The Morgan fingerprint density at radius 1 is 1.45 bits per heavy atom. The molecular formula is C17H27N3O2. The number of hydrogen-bond acceptors (Lipinski definition) is 4. The highest BCUT2D eigenvalue weighted by Crippen LogP contribution is 2.22. The molecule has 5 nitrogen and oxygen atoms in total. The fourth-order valence-corrected chi connectivity index (χ4v) is 2.60. The summed E-state index contributed by atoms with van der Waals surface area (Å²) in [5, 5.41) is 2.79. The van der Waals surface area contributed by atoms with Crippen molar-refractivity contribution in [1.82, 2.24) is 10.3 Å². The van der Waals surface area contributed by atoms with Crippen molar-refractivity contribution in [2.24, 2.45) is 5.92 Å². The molecule has 0 atom stereocenters. The molecule has 0 spiro atoms. The van der Waals surface area contributed by atoms with Crippen molar-refractivity contribution in [3.05, 3.63) is 24.0 Å². The lowest BCUT2D eigenvalue weighted by Gasteiger charge is -2.33. The Labute approximate surface area is 133 Å². The minimum absolute atomic E-state index is 0.112. The maximum Gasteiger partial charge on any atom is 0.269 e. The zero-order valence-electron chi connectivity index (χ0n) is 13.8. The van der Waals surface area contributed by atoms with E-state index in [1.54, 1.807) is 6.20 Å². The summed E-state index contributed by atoms with van der Waals surface area (Å²) in [4.78, 5) is 18.3. The van der Waals surface area contributed by atoms with Gasteiger partial charge in [0.05, 0.1) is 6.10 Å². The van der Waals surface area contributed by atoms with Gasteiger partial charge >= 0.3 is 0 Å². The maximum absolute atomic E-state index is 11.9. The van der Waals surface area contributed by atoms with Gasteiger partial charge in [0.25, 0.3) is 5.91 Å². The molecule has 0 unspecified atom stereocenters. The number of aromatic nitrogens is 1. The van der Waals surface area contributed by atoms with Crippen LogP contribution in [-0.4, -0.2) is 43.2 Å². The molecule has 1 amide bonds. The Hall–Kier alpha value is -1.62. The second-order valence-electron chi connectivity index (χ2n) is 6.17. The van der Waals surface area contributed by atoms with Crippen molar-refractivity contribution < 1.29 is 9.53 Å². The van der Waals surface area contributed by atoms with E-state index >= 15 is 0 Å². The van der Waals surface area contributed by atoms with E-state index in [1.165, 1.54) is 0 Å². The third-order valence-corrected chi connectivity index (χ3v) is 3.79. The van der Waals surface area contributed by atoms with E-state index in [0.29, 0.717) is 24.3 Å². The van der Waals surface area contributed by atoms with Crippen LogP contribution < -0.4 is 10.2 Å². The van der Waals surface area contributed by atoms with Gasteiger partial charge in [0.1, 0.15) is 5.69 Å². The molecule has 5 heteroatoms. The van der Waals surface area contributed by atoms with Gasteiger partial charge in [-0.2, -0.15) is 0 Å². The third-order valence-electron chi connectivity index (χ3n) is 3.79. The fraction of sp³-hybridized carbons (Fsp3) is 0.647. The Bertz CT molecular complexity index is 483. The predicted octanol–water partition coefficient (Wildman–Crippen LogP) is 2.47. The van der Waals surface area contributed by atoms with Crippen molar-refractivity contribution in [2.45, 2.75) is 39.7 Å². The number of pyridine rings is 1. The summed E-state index contributed by atoms with van der Waals surface area (Å²) in [7, 11) is 0. The summed E-state index contributed by atoms with van der Waals surface area (Å²) >= 11 is 0. The average Bonchev–Trinajstić information content (AvgIpc) is 2.54. The second-order valence-corrected chi connectivity index (χ2v) is 6.17. The van der Waals surface area contributed by atoms with Gasteiger partial charge in [-0.1, -0.05) is 13.8 Å². The first-order valence-electron chi connectivity index (χ1n) is 8.21. The highest BCUT2D eigenvalue weighted by atomic mass is 16.5. The molecule has 2 rings (SSSR count). The molecule has 0 saturated carbocycles. The van der Waals surface area contributed by atoms with Gasteiger partial charge in [-0.25, -0.2) is 0 Å². The van der Waals surface area contributed by atoms with Gasteiger partial charge in [-0.15, -0.1) is 0 Å². The Balaban J connectivity index is 1.91. The molecule has 1 aliphatic heterocycles. The third kappa shape index (κ3) is 4.70. The highest BCUT2D eigenvalue weighted by molar-refractivity contribution is 5.93. The Kier molecular flexibility index (Phi) is 6.19. The summed E-state index contributed by atoms with van der Waals surface area (Å²) < 4.78 is 5.92. The lowest BCUT2D eigenvalue weighted by molar-refractivity contribution is 0.0215. The van der Waals surface area contributed by atoms with Crippen molar-refractivity contribution in [3.8, 4) is 0 Å². The van der Waals surface area contributed by atoms with Crippen molar-refractivity contribution in [2.75, 3.05) is 31.1 Å². The van der Waals surface area contributed by atoms with Crippen LogP contribution in [0, 0.1) is 5.92 Å². The largest absolute Gasteiger partial charge is 0.378 e. The topological polar surface area (TPSA) is 54.5 Å². The number of nitrogens with zero attached hydrogens (tertiary/aromatic N) is 2. The van der Waals surface area contributed by atoms with Gasteiger partial charge in [0.15, 0.2) is 0 Å². The van der Waals surface area contributed by atoms with Crippen LogP contribution in [0.1, 0.15) is 44.1 Å². The quantitative estimate of drug-likeness (QED) is 0.877. The predicted molar refractivity (Wildman–Crippen MR) is 88.3 cm³/mol. The molecule has 22 heavy (non-hydrogen) atoms. The number of nitrogens with one attached hydrogen (secondary N) is 1. The molecule has 122 valence electrons. The summed E-state index contributed by atoms with van der Waals surface area (Å²) in [5.41, 5.74) is 1.55.